The van der Waals surface area contributed by atoms with Crippen molar-refractivity contribution in [3.8, 4) is 11.4 Å². The summed E-state index contributed by atoms with van der Waals surface area (Å²) in [4.78, 5) is 40.1. The van der Waals surface area contributed by atoms with E-state index in [2.05, 4.69) is 15.5 Å². The molecule has 0 aliphatic carbocycles. The second-order valence-electron chi connectivity index (χ2n) is 8.03. The molecule has 12 heteroatoms. The molecule has 0 unspecified atom stereocenters. The van der Waals surface area contributed by atoms with E-state index in [-0.39, 0.29) is 40.3 Å². The van der Waals surface area contributed by atoms with Crippen LogP contribution in [-0.2, 0) is 20.8 Å². The van der Waals surface area contributed by atoms with Gasteiger partial charge in [0.25, 0.3) is 0 Å². The topological polar surface area (TPSA) is 116 Å². The van der Waals surface area contributed by atoms with Crippen molar-refractivity contribution in [2.75, 3.05) is 43.3 Å². The normalized spacial score (nSPS) is 10.8. The lowest BCUT2D eigenvalue weighted by molar-refractivity contribution is -0.113. The fraction of sp³-hybridized carbons (Fsp3) is 0.400. The third kappa shape index (κ3) is 6.50. The summed E-state index contributed by atoms with van der Waals surface area (Å²) in [6.45, 7) is 8.00. The van der Waals surface area contributed by atoms with E-state index in [1.54, 1.807) is 20.8 Å². The highest BCUT2D eigenvalue weighted by molar-refractivity contribution is 7.99. The Balaban J connectivity index is 1.79. The lowest BCUT2D eigenvalue weighted by atomic mass is 10.1. The molecule has 1 amide bonds. The van der Waals surface area contributed by atoms with Gasteiger partial charge in [0.2, 0.25) is 5.91 Å². The fourth-order valence-corrected chi connectivity index (χ4v) is 5.46. The molecule has 0 atom stereocenters. The number of anilines is 2. The molecular formula is C25H31N5O5S2. The van der Waals surface area contributed by atoms with Gasteiger partial charge in [-0.3, -0.25) is 4.79 Å². The number of thioether (sulfide) groups is 1. The van der Waals surface area contributed by atoms with Gasteiger partial charge >= 0.3 is 11.9 Å². The molecule has 10 nitrogen and oxygen atoms in total. The average Bonchev–Trinajstić information content (AvgIpc) is 3.43. The third-order valence-electron chi connectivity index (χ3n) is 5.33. The molecule has 2 heterocycles. The Morgan fingerprint density at radius 3 is 2.43 bits per heavy atom. The molecule has 2 aromatic heterocycles. The first-order valence-corrected chi connectivity index (χ1v) is 13.6. The van der Waals surface area contributed by atoms with Crippen molar-refractivity contribution in [2.45, 2.75) is 39.4 Å². The van der Waals surface area contributed by atoms with Gasteiger partial charge in [0.1, 0.15) is 9.88 Å². The zero-order chi connectivity index (χ0) is 27.1. The molecule has 0 saturated carbocycles. The minimum atomic E-state index is -0.606. The molecular weight excluding hydrogens is 514 g/mol. The highest BCUT2D eigenvalue weighted by atomic mass is 32.2. The Kier molecular flexibility index (Phi) is 9.70. The minimum Gasteiger partial charge on any atom is -0.462 e. The number of thiophene rings is 1. The number of carbonyl (C=O) groups is 3. The second kappa shape index (κ2) is 12.7. The highest BCUT2D eigenvalue weighted by Gasteiger charge is 2.27. The molecule has 198 valence electrons. The number of carbonyl (C=O) groups excluding carboxylic acids is 3. The van der Waals surface area contributed by atoms with Crippen molar-refractivity contribution in [1.82, 2.24) is 14.8 Å². The highest BCUT2D eigenvalue weighted by Crippen LogP contribution is 2.35. The summed E-state index contributed by atoms with van der Waals surface area (Å²) in [5.41, 5.74) is 2.55. The van der Waals surface area contributed by atoms with Crippen LogP contribution in [-0.4, -0.2) is 65.7 Å². The first-order chi connectivity index (χ1) is 17.7. The Morgan fingerprint density at radius 2 is 1.78 bits per heavy atom. The first kappa shape index (κ1) is 28.2. The van der Waals surface area contributed by atoms with Gasteiger partial charge in [0, 0.05) is 31.9 Å². The van der Waals surface area contributed by atoms with Crippen LogP contribution in [0.25, 0.3) is 11.4 Å². The summed E-state index contributed by atoms with van der Waals surface area (Å²) in [5, 5.41) is 12.3. The van der Waals surface area contributed by atoms with E-state index in [0.717, 1.165) is 22.6 Å². The Bertz CT molecular complexity index is 1280. The van der Waals surface area contributed by atoms with Crippen molar-refractivity contribution >= 4 is 51.6 Å². The van der Waals surface area contributed by atoms with Crippen LogP contribution in [0.4, 0.5) is 10.7 Å². The molecule has 37 heavy (non-hydrogen) atoms. The molecule has 0 saturated heterocycles. The number of hydrogen-bond donors (Lipinski definition) is 1. The van der Waals surface area contributed by atoms with Crippen LogP contribution in [0.15, 0.2) is 29.4 Å². The van der Waals surface area contributed by atoms with E-state index >= 15 is 0 Å². The maximum atomic E-state index is 12.9. The van der Waals surface area contributed by atoms with E-state index in [0.29, 0.717) is 23.1 Å². The van der Waals surface area contributed by atoms with Crippen molar-refractivity contribution in [3.05, 3.63) is 40.3 Å². The van der Waals surface area contributed by atoms with E-state index in [9.17, 15) is 14.4 Å². The van der Waals surface area contributed by atoms with Gasteiger partial charge < -0.3 is 24.3 Å². The van der Waals surface area contributed by atoms with Crippen LogP contribution in [0.1, 0.15) is 46.4 Å². The molecule has 0 aliphatic heterocycles. The van der Waals surface area contributed by atoms with E-state index in [1.165, 1.54) is 11.8 Å². The molecule has 3 aromatic rings. The van der Waals surface area contributed by atoms with Crippen molar-refractivity contribution in [3.63, 3.8) is 0 Å². The quantitative estimate of drug-likeness (QED) is 0.275. The lowest BCUT2D eigenvalue weighted by Crippen LogP contribution is -2.17. The summed E-state index contributed by atoms with van der Waals surface area (Å²) in [5.74, 6) is -0.762. The van der Waals surface area contributed by atoms with Gasteiger partial charge in [-0.15, -0.1) is 21.5 Å². The van der Waals surface area contributed by atoms with Crippen LogP contribution in [0.5, 0.6) is 0 Å². The summed E-state index contributed by atoms with van der Waals surface area (Å²) < 4.78 is 12.2. The summed E-state index contributed by atoms with van der Waals surface area (Å²) in [7, 11) is 3.95. The lowest BCUT2D eigenvalue weighted by Gasteiger charge is -2.14. The molecule has 0 aliphatic rings. The van der Waals surface area contributed by atoms with Gasteiger partial charge in [0.05, 0.1) is 24.5 Å². The molecule has 1 N–H and O–H groups in total. The predicted octanol–water partition coefficient (Wildman–Crippen LogP) is 4.49. The van der Waals surface area contributed by atoms with Crippen LogP contribution < -0.4 is 10.2 Å². The Labute approximate surface area is 224 Å². The van der Waals surface area contributed by atoms with Crippen molar-refractivity contribution in [1.29, 1.82) is 0 Å². The fourth-order valence-electron chi connectivity index (χ4n) is 3.55. The Hall–Kier alpha value is -3.38. The van der Waals surface area contributed by atoms with Gasteiger partial charge in [-0.25, -0.2) is 9.59 Å². The van der Waals surface area contributed by atoms with Gasteiger partial charge in [0.15, 0.2) is 11.0 Å². The molecule has 3 rings (SSSR count). The van der Waals surface area contributed by atoms with Crippen LogP contribution in [0.3, 0.4) is 0 Å². The number of nitrogens with one attached hydrogen (secondary N) is 1. The maximum absolute atomic E-state index is 12.9. The van der Waals surface area contributed by atoms with Crippen LogP contribution >= 0.6 is 23.1 Å². The van der Waals surface area contributed by atoms with E-state index < -0.39 is 11.9 Å². The number of aromatic nitrogens is 3. The zero-order valence-electron chi connectivity index (χ0n) is 21.8. The van der Waals surface area contributed by atoms with Gasteiger partial charge in [-0.05, 0) is 45.4 Å². The van der Waals surface area contributed by atoms with Crippen LogP contribution in [0.2, 0.25) is 0 Å². The number of nitrogens with zero attached hydrogens (tertiary/aromatic N) is 4. The van der Waals surface area contributed by atoms with E-state index in [1.807, 2.05) is 54.8 Å². The van der Waals surface area contributed by atoms with Crippen LogP contribution in [0, 0.1) is 6.92 Å². The van der Waals surface area contributed by atoms with Crippen molar-refractivity contribution < 1.29 is 23.9 Å². The standard InChI is InChI=1S/C25H31N5O5S2/c1-7-30-21(16-11-10-12-17(13-16)29(5)6)27-28-25(30)36-14-18(31)26-22-19(23(32)34-8-2)15(4)20(37-22)24(33)35-9-3/h10-13H,7-9,14H2,1-6H3,(H,26,31). The number of ether oxygens (including phenoxy) is 2. The average molecular weight is 546 g/mol. The molecule has 1 aromatic carbocycles. The van der Waals surface area contributed by atoms with E-state index in [4.69, 9.17) is 9.47 Å². The SMILES string of the molecule is CCOC(=O)c1sc(NC(=O)CSc2nnc(-c3cccc(N(C)C)c3)n2CC)c(C(=O)OCC)c1C. The zero-order valence-corrected chi connectivity index (χ0v) is 23.4. The molecule has 0 fully saturated rings. The molecule has 0 bridgehead atoms. The van der Waals surface area contributed by atoms with Gasteiger partial charge in [-0.2, -0.15) is 0 Å². The second-order valence-corrected chi connectivity index (χ2v) is 10.00. The smallest absolute Gasteiger partial charge is 0.348 e. The number of benzene rings is 1. The third-order valence-corrected chi connectivity index (χ3v) is 7.48. The predicted molar refractivity (Wildman–Crippen MR) is 146 cm³/mol. The monoisotopic (exact) mass is 545 g/mol. The summed E-state index contributed by atoms with van der Waals surface area (Å²) in [6.07, 6.45) is 0. The number of amides is 1. The number of esters is 2. The number of hydrogen-bond acceptors (Lipinski definition) is 10. The summed E-state index contributed by atoms with van der Waals surface area (Å²) in [6, 6.07) is 7.99. The molecule has 0 radical (unpaired) electrons. The first-order valence-electron chi connectivity index (χ1n) is 11.8. The minimum absolute atomic E-state index is 0.0316. The van der Waals surface area contributed by atoms with Gasteiger partial charge in [-0.1, -0.05) is 23.9 Å². The largest absolute Gasteiger partial charge is 0.462 e. The summed E-state index contributed by atoms with van der Waals surface area (Å²) >= 11 is 2.24. The Morgan fingerprint density at radius 1 is 1.08 bits per heavy atom. The maximum Gasteiger partial charge on any atom is 0.348 e. The molecule has 0 spiro atoms. The van der Waals surface area contributed by atoms with Crippen molar-refractivity contribution in [2.24, 2.45) is 0 Å². The number of rotatable bonds is 11.